The molecule has 314 valence electrons. The van der Waals surface area contributed by atoms with Gasteiger partial charge in [0.15, 0.2) is 11.6 Å². The lowest BCUT2D eigenvalue weighted by molar-refractivity contribution is 0.954. The van der Waals surface area contributed by atoms with Crippen molar-refractivity contribution in [3.63, 3.8) is 0 Å². The van der Waals surface area contributed by atoms with Crippen molar-refractivity contribution in [3.8, 4) is 34.4 Å². The fourth-order valence-corrected chi connectivity index (χ4v) is 11.4. The molecule has 0 radical (unpaired) electrons. The Balaban J connectivity index is 1.02. The van der Waals surface area contributed by atoms with Crippen LogP contribution in [0.4, 0.5) is 0 Å². The van der Waals surface area contributed by atoms with Crippen LogP contribution in [0.1, 0.15) is 0 Å². The zero-order chi connectivity index (χ0) is 44.5. The van der Waals surface area contributed by atoms with Gasteiger partial charge in [-0.25, -0.2) is 4.98 Å². The zero-order valence-electron chi connectivity index (χ0n) is 36.6. The van der Waals surface area contributed by atoms with Crippen molar-refractivity contribution in [1.29, 1.82) is 0 Å². The normalized spacial score (nSPS) is 12.1. The molecule has 5 heteroatoms. The molecule has 0 spiro atoms. The average Bonchev–Trinajstić information content (AvgIpc) is 3.94. The molecule has 0 unspecified atom stereocenters. The van der Waals surface area contributed by atoms with Gasteiger partial charge in [-0.3, -0.25) is 4.57 Å². The van der Waals surface area contributed by atoms with E-state index in [0.29, 0.717) is 17.6 Å². The smallest absolute Gasteiger partial charge is 0.238 e. The van der Waals surface area contributed by atoms with Crippen LogP contribution < -0.4 is 0 Å². The number of para-hydroxylation sites is 2. The number of aromatic nitrogens is 5. The van der Waals surface area contributed by atoms with Crippen LogP contribution in [0.5, 0.6) is 0 Å². The molecule has 0 saturated heterocycles. The van der Waals surface area contributed by atoms with E-state index in [0.717, 1.165) is 49.7 Å². The van der Waals surface area contributed by atoms with Gasteiger partial charge < -0.3 is 4.57 Å². The van der Waals surface area contributed by atoms with E-state index in [4.69, 9.17) is 15.0 Å². The minimum absolute atomic E-state index is 0.564. The standard InChI is InChI=1S/C63H37N5/c1-2-16-38(17-3-1)61-64-62(39-30-32-49-45-22-6-4-18-41(45)43-20-8-10-24-47(43)54(49)36-39)66-63(65-61)68-57-29-15-13-27-53(57)59-58(68)35-34-52-51-26-12-14-28-56(51)67(60(52)59)40-31-33-50-46-23-7-5-19-42(46)44-21-9-11-25-48(44)55(50)37-40/h1-37H. The molecule has 0 amide bonds. The molecule has 3 heterocycles. The number of rotatable bonds is 4. The summed E-state index contributed by atoms with van der Waals surface area (Å²) in [5.74, 6) is 1.80. The minimum Gasteiger partial charge on any atom is -0.309 e. The van der Waals surface area contributed by atoms with E-state index in [1.165, 1.54) is 75.4 Å². The van der Waals surface area contributed by atoms with Crippen molar-refractivity contribution in [1.82, 2.24) is 24.1 Å². The molecule has 0 bridgehead atoms. The summed E-state index contributed by atoms with van der Waals surface area (Å²) in [6, 6.07) is 81.0. The van der Waals surface area contributed by atoms with Gasteiger partial charge in [0, 0.05) is 38.4 Å². The number of fused-ring (bicyclic) bond motifs is 19. The van der Waals surface area contributed by atoms with E-state index >= 15 is 0 Å². The maximum Gasteiger partial charge on any atom is 0.238 e. The predicted molar refractivity (Wildman–Crippen MR) is 284 cm³/mol. The summed E-state index contributed by atoms with van der Waals surface area (Å²) in [6.07, 6.45) is 0. The Bertz CT molecular complexity index is 4550. The van der Waals surface area contributed by atoms with Crippen molar-refractivity contribution in [3.05, 3.63) is 224 Å². The molecule has 0 aliphatic carbocycles. The Morgan fingerprint density at radius 1 is 0.250 bits per heavy atom. The summed E-state index contributed by atoms with van der Waals surface area (Å²) in [5.41, 5.74) is 7.31. The number of nitrogens with zero attached hydrogens (tertiary/aromatic N) is 5. The largest absolute Gasteiger partial charge is 0.309 e. The molecule has 0 N–H and O–H groups in total. The molecule has 12 aromatic carbocycles. The van der Waals surface area contributed by atoms with Crippen molar-refractivity contribution < 1.29 is 0 Å². The number of hydrogen-bond donors (Lipinski definition) is 0. The van der Waals surface area contributed by atoms with Crippen LogP contribution in [0.15, 0.2) is 224 Å². The maximum atomic E-state index is 5.45. The Hall–Kier alpha value is -9.19. The second kappa shape index (κ2) is 14.2. The van der Waals surface area contributed by atoms with Gasteiger partial charge in [0.2, 0.25) is 5.95 Å². The molecule has 3 aromatic heterocycles. The Morgan fingerprint density at radius 3 is 1.26 bits per heavy atom. The number of benzene rings is 12. The fourth-order valence-electron chi connectivity index (χ4n) is 11.4. The Labute approximate surface area is 389 Å². The van der Waals surface area contributed by atoms with Crippen molar-refractivity contribution >= 4 is 108 Å². The van der Waals surface area contributed by atoms with E-state index in [1.54, 1.807) is 0 Å². The van der Waals surface area contributed by atoms with Gasteiger partial charge in [-0.05, 0) is 101 Å². The quantitative estimate of drug-likeness (QED) is 0.166. The highest BCUT2D eigenvalue weighted by atomic mass is 15.2. The van der Waals surface area contributed by atoms with Crippen LogP contribution in [0.3, 0.4) is 0 Å². The maximum absolute atomic E-state index is 5.45. The van der Waals surface area contributed by atoms with Gasteiger partial charge in [-0.1, -0.05) is 188 Å². The molecule has 5 nitrogen and oxygen atoms in total. The molecular weight excluding hydrogens is 827 g/mol. The van der Waals surface area contributed by atoms with Crippen molar-refractivity contribution in [2.45, 2.75) is 0 Å². The SMILES string of the molecule is c1ccc(-c2nc(-c3ccc4c5ccccc5c5ccccc5c4c3)nc(-n3c4ccccc4c4c3ccc3c5ccccc5n(-c5ccc6c7ccccc7c7ccccc7c6c5)c34)n2)cc1. The predicted octanol–water partition coefficient (Wildman–Crippen LogP) is 16.3. The van der Waals surface area contributed by atoms with E-state index in [1.807, 2.05) is 18.2 Å². The molecule has 0 aliphatic rings. The lowest BCUT2D eigenvalue weighted by Crippen LogP contribution is -2.06. The third kappa shape index (κ3) is 5.24. The number of hydrogen-bond acceptors (Lipinski definition) is 3. The molecule has 0 fully saturated rings. The third-order valence-corrected chi connectivity index (χ3v) is 14.3. The van der Waals surface area contributed by atoms with E-state index < -0.39 is 0 Å². The summed E-state index contributed by atoms with van der Waals surface area (Å²) in [4.78, 5) is 16.0. The highest BCUT2D eigenvalue weighted by molar-refractivity contribution is 6.29. The van der Waals surface area contributed by atoms with Gasteiger partial charge in [-0.2, -0.15) is 9.97 Å². The highest BCUT2D eigenvalue weighted by Gasteiger charge is 2.24. The van der Waals surface area contributed by atoms with Gasteiger partial charge >= 0.3 is 0 Å². The zero-order valence-corrected chi connectivity index (χ0v) is 36.6. The fraction of sp³-hybridized carbons (Fsp3) is 0. The van der Waals surface area contributed by atoms with Gasteiger partial charge in [0.05, 0.1) is 22.1 Å². The molecule has 0 aliphatic heterocycles. The lowest BCUT2D eigenvalue weighted by Gasteiger charge is -2.14. The minimum atomic E-state index is 0.564. The Kier molecular flexibility index (Phi) is 7.72. The monoisotopic (exact) mass is 863 g/mol. The van der Waals surface area contributed by atoms with Crippen LogP contribution in [-0.4, -0.2) is 24.1 Å². The first-order valence-corrected chi connectivity index (χ1v) is 23.2. The van der Waals surface area contributed by atoms with Crippen LogP contribution in [-0.2, 0) is 0 Å². The topological polar surface area (TPSA) is 48.5 Å². The van der Waals surface area contributed by atoms with Gasteiger partial charge in [0.1, 0.15) is 0 Å². The second-order valence-electron chi connectivity index (χ2n) is 17.9. The first-order chi connectivity index (χ1) is 33.7. The molecule has 15 rings (SSSR count). The average molecular weight is 864 g/mol. The first kappa shape index (κ1) is 37.1. The van der Waals surface area contributed by atoms with Crippen molar-refractivity contribution in [2.75, 3.05) is 0 Å². The molecule has 0 saturated carbocycles. The summed E-state index contributed by atoms with van der Waals surface area (Å²) < 4.78 is 4.72. The molecule has 0 atom stereocenters. The first-order valence-electron chi connectivity index (χ1n) is 23.2. The Morgan fingerprint density at radius 2 is 0.676 bits per heavy atom. The third-order valence-electron chi connectivity index (χ3n) is 14.3. The summed E-state index contributed by atoms with van der Waals surface area (Å²) in [7, 11) is 0. The summed E-state index contributed by atoms with van der Waals surface area (Å²) >= 11 is 0. The van der Waals surface area contributed by atoms with Crippen LogP contribution in [0.2, 0.25) is 0 Å². The molecule has 15 aromatic rings. The molecule has 68 heavy (non-hydrogen) atoms. The highest BCUT2D eigenvalue weighted by Crippen LogP contribution is 2.44. The lowest BCUT2D eigenvalue weighted by atomic mass is 9.93. The van der Waals surface area contributed by atoms with Crippen molar-refractivity contribution in [2.24, 2.45) is 0 Å². The van der Waals surface area contributed by atoms with E-state index in [-0.39, 0.29) is 0 Å². The summed E-state index contributed by atoms with van der Waals surface area (Å²) in [6.45, 7) is 0. The van der Waals surface area contributed by atoms with Crippen LogP contribution in [0, 0.1) is 0 Å². The van der Waals surface area contributed by atoms with Gasteiger partial charge in [0.25, 0.3) is 0 Å². The van der Waals surface area contributed by atoms with Gasteiger partial charge in [-0.15, -0.1) is 0 Å². The molecular formula is C63H37N5. The van der Waals surface area contributed by atoms with E-state index in [2.05, 4.69) is 215 Å². The van der Waals surface area contributed by atoms with Crippen LogP contribution in [0.25, 0.3) is 143 Å². The van der Waals surface area contributed by atoms with Crippen LogP contribution >= 0.6 is 0 Å². The van der Waals surface area contributed by atoms with E-state index in [9.17, 15) is 0 Å². The second-order valence-corrected chi connectivity index (χ2v) is 17.9. The summed E-state index contributed by atoms with van der Waals surface area (Å²) in [5, 5.41) is 19.5.